The fourth-order valence-corrected chi connectivity index (χ4v) is 2.52. The van der Waals surface area contributed by atoms with Crippen LogP contribution in [0, 0.1) is 5.82 Å². The lowest BCUT2D eigenvalue weighted by atomic mass is 10.0. The number of nitrogens with zero attached hydrogens (tertiary/aromatic N) is 5. The van der Waals surface area contributed by atoms with Crippen LogP contribution in [0.1, 0.15) is 26.6 Å². The molecule has 0 spiro atoms. The van der Waals surface area contributed by atoms with E-state index < -0.39 is 5.82 Å². The Kier molecular flexibility index (Phi) is 5.69. The van der Waals surface area contributed by atoms with Crippen molar-refractivity contribution < 1.29 is 9.18 Å². The second-order valence-electron chi connectivity index (χ2n) is 6.06. The number of rotatable bonds is 5. The highest BCUT2D eigenvalue weighted by Crippen LogP contribution is 2.25. The Morgan fingerprint density at radius 3 is 2.57 bits per heavy atom. The first-order chi connectivity index (χ1) is 13.5. The largest absolute Gasteiger partial charge is 0.326 e. The molecule has 8 heteroatoms. The van der Waals surface area contributed by atoms with Crippen molar-refractivity contribution >= 4 is 17.3 Å². The summed E-state index contributed by atoms with van der Waals surface area (Å²) in [6.07, 6.45) is 3.44. The molecule has 0 aliphatic carbocycles. The molecule has 2 aromatic carbocycles. The molecule has 0 atom stereocenters. The fraction of sp³-hybridized carbons (Fsp3) is 0.150. The van der Waals surface area contributed by atoms with Crippen molar-refractivity contribution in [1.29, 1.82) is 0 Å². The van der Waals surface area contributed by atoms with Crippen LogP contribution >= 0.6 is 0 Å². The Bertz CT molecular complexity index is 1050. The van der Waals surface area contributed by atoms with Gasteiger partial charge in [-0.05, 0) is 54.5 Å². The molecule has 0 bridgehead atoms. The number of benzene rings is 2. The summed E-state index contributed by atoms with van der Waals surface area (Å²) < 4.78 is 14.2. The Labute approximate surface area is 161 Å². The predicted octanol–water partition coefficient (Wildman–Crippen LogP) is 3.77. The number of hydrogen-bond acceptors (Lipinski definition) is 5. The highest BCUT2D eigenvalue weighted by molar-refractivity contribution is 5.95. The SMILES string of the molecule is C/C=C\N=C(C)c1nnn(-c2cc(F)cc(-c3ccc(NC(C)=O)cc3)c2)n1. The van der Waals surface area contributed by atoms with Gasteiger partial charge >= 0.3 is 0 Å². The molecule has 0 unspecified atom stereocenters. The van der Waals surface area contributed by atoms with E-state index in [-0.39, 0.29) is 5.91 Å². The molecule has 1 amide bonds. The van der Waals surface area contributed by atoms with Crippen molar-refractivity contribution in [2.24, 2.45) is 4.99 Å². The van der Waals surface area contributed by atoms with Gasteiger partial charge in [-0.3, -0.25) is 9.79 Å². The average Bonchev–Trinajstić information content (AvgIpc) is 3.16. The zero-order valence-corrected chi connectivity index (χ0v) is 15.7. The van der Waals surface area contributed by atoms with Crippen molar-refractivity contribution in [2.45, 2.75) is 20.8 Å². The molecule has 3 rings (SSSR count). The van der Waals surface area contributed by atoms with Crippen LogP contribution in [-0.2, 0) is 4.79 Å². The van der Waals surface area contributed by atoms with E-state index in [1.54, 1.807) is 49.5 Å². The molecule has 28 heavy (non-hydrogen) atoms. The van der Waals surface area contributed by atoms with Crippen LogP contribution in [-0.4, -0.2) is 31.8 Å². The van der Waals surface area contributed by atoms with Gasteiger partial charge in [0, 0.05) is 24.9 Å². The Hall–Kier alpha value is -3.68. The third-order valence-corrected chi connectivity index (χ3v) is 3.81. The van der Waals surface area contributed by atoms with E-state index in [1.165, 1.54) is 23.9 Å². The molecule has 3 aromatic rings. The van der Waals surface area contributed by atoms with E-state index in [9.17, 15) is 9.18 Å². The van der Waals surface area contributed by atoms with Crippen molar-refractivity contribution in [3.8, 4) is 16.8 Å². The summed E-state index contributed by atoms with van der Waals surface area (Å²) in [5, 5.41) is 14.9. The van der Waals surface area contributed by atoms with Crippen LogP contribution in [0.25, 0.3) is 16.8 Å². The number of tetrazole rings is 1. The molecule has 0 saturated heterocycles. The van der Waals surface area contributed by atoms with E-state index in [4.69, 9.17) is 0 Å². The summed E-state index contributed by atoms with van der Waals surface area (Å²) in [5.74, 6) is -0.206. The lowest BCUT2D eigenvalue weighted by molar-refractivity contribution is -0.114. The summed E-state index contributed by atoms with van der Waals surface area (Å²) in [7, 11) is 0. The number of hydrogen-bond donors (Lipinski definition) is 1. The summed E-state index contributed by atoms with van der Waals surface area (Å²) in [6.45, 7) is 5.07. The fourth-order valence-electron chi connectivity index (χ4n) is 2.52. The highest BCUT2D eigenvalue weighted by atomic mass is 19.1. The number of anilines is 1. The summed E-state index contributed by atoms with van der Waals surface area (Å²) in [4.78, 5) is 16.6. The Morgan fingerprint density at radius 1 is 1.14 bits per heavy atom. The number of amides is 1. The summed E-state index contributed by atoms with van der Waals surface area (Å²) in [6, 6.07) is 11.6. The van der Waals surface area contributed by atoms with Gasteiger partial charge in [-0.2, -0.15) is 0 Å². The third kappa shape index (κ3) is 4.53. The maximum Gasteiger partial charge on any atom is 0.221 e. The number of carbonyl (C=O) groups excluding carboxylic acids is 1. The van der Waals surface area contributed by atoms with Gasteiger partial charge in [-0.15, -0.1) is 15.0 Å². The van der Waals surface area contributed by atoms with Gasteiger partial charge in [0.1, 0.15) is 5.82 Å². The normalized spacial score (nSPS) is 11.8. The number of nitrogens with one attached hydrogen (secondary N) is 1. The first-order valence-electron chi connectivity index (χ1n) is 8.61. The van der Waals surface area contributed by atoms with Crippen LogP contribution in [0.15, 0.2) is 59.7 Å². The minimum atomic E-state index is -0.420. The predicted molar refractivity (Wildman–Crippen MR) is 106 cm³/mol. The zero-order valence-electron chi connectivity index (χ0n) is 15.7. The van der Waals surface area contributed by atoms with E-state index in [0.29, 0.717) is 28.5 Å². The van der Waals surface area contributed by atoms with Gasteiger partial charge in [0.25, 0.3) is 0 Å². The van der Waals surface area contributed by atoms with E-state index in [2.05, 4.69) is 25.7 Å². The second-order valence-corrected chi connectivity index (χ2v) is 6.06. The van der Waals surface area contributed by atoms with Gasteiger partial charge in [-0.25, -0.2) is 4.39 Å². The molecule has 1 aromatic heterocycles. The van der Waals surface area contributed by atoms with Crippen LogP contribution in [0.4, 0.5) is 10.1 Å². The number of allylic oxidation sites excluding steroid dienone is 1. The van der Waals surface area contributed by atoms with Crippen LogP contribution < -0.4 is 5.32 Å². The van der Waals surface area contributed by atoms with Crippen molar-refractivity contribution in [3.63, 3.8) is 0 Å². The topological polar surface area (TPSA) is 85.1 Å². The van der Waals surface area contributed by atoms with E-state index in [0.717, 1.165) is 5.56 Å². The first-order valence-corrected chi connectivity index (χ1v) is 8.61. The van der Waals surface area contributed by atoms with Gasteiger partial charge in [-0.1, -0.05) is 18.2 Å². The molecule has 0 aliphatic heterocycles. The summed E-state index contributed by atoms with van der Waals surface area (Å²) in [5.41, 5.74) is 3.17. The first kappa shape index (κ1) is 19.1. The number of carbonyl (C=O) groups is 1. The highest BCUT2D eigenvalue weighted by Gasteiger charge is 2.10. The molecule has 7 nitrogen and oxygen atoms in total. The average molecular weight is 378 g/mol. The van der Waals surface area contributed by atoms with Crippen molar-refractivity contribution in [2.75, 3.05) is 5.32 Å². The quantitative estimate of drug-likeness (QED) is 0.685. The Morgan fingerprint density at radius 2 is 1.89 bits per heavy atom. The number of aromatic nitrogens is 4. The molecule has 0 fully saturated rings. The molecule has 142 valence electrons. The molecule has 1 heterocycles. The molecule has 1 N–H and O–H groups in total. The second kappa shape index (κ2) is 8.34. The minimum Gasteiger partial charge on any atom is -0.326 e. The van der Waals surface area contributed by atoms with Crippen molar-refractivity contribution in [1.82, 2.24) is 20.2 Å². The molecule has 0 aliphatic rings. The van der Waals surface area contributed by atoms with Crippen LogP contribution in [0.3, 0.4) is 0 Å². The van der Waals surface area contributed by atoms with Gasteiger partial charge in [0.2, 0.25) is 11.7 Å². The minimum absolute atomic E-state index is 0.151. The third-order valence-electron chi connectivity index (χ3n) is 3.81. The lowest BCUT2D eigenvalue weighted by Crippen LogP contribution is -2.05. The number of aliphatic imine (C=N–C) groups is 1. The standard InChI is InChI=1S/C20H19FN6O/c1-4-9-22-13(2)20-24-26-27(25-20)19-11-16(10-17(21)12-19)15-5-7-18(8-6-15)23-14(3)28/h4-12H,1-3H3,(H,23,28)/b9-4-,22-13?. The van der Waals surface area contributed by atoms with Crippen LogP contribution in [0.5, 0.6) is 0 Å². The van der Waals surface area contributed by atoms with E-state index >= 15 is 0 Å². The zero-order chi connectivity index (χ0) is 20.1. The lowest BCUT2D eigenvalue weighted by Gasteiger charge is -2.07. The molecular weight excluding hydrogens is 359 g/mol. The van der Waals surface area contributed by atoms with Crippen LogP contribution in [0.2, 0.25) is 0 Å². The van der Waals surface area contributed by atoms with E-state index in [1.807, 2.05) is 6.92 Å². The summed E-state index contributed by atoms with van der Waals surface area (Å²) >= 11 is 0. The molecular formula is C20H19FN6O. The number of halogens is 1. The van der Waals surface area contributed by atoms with Gasteiger partial charge in [0.05, 0.1) is 11.4 Å². The smallest absolute Gasteiger partial charge is 0.221 e. The van der Waals surface area contributed by atoms with Gasteiger partial charge < -0.3 is 5.32 Å². The molecule has 0 saturated carbocycles. The molecule has 0 radical (unpaired) electrons. The Balaban J connectivity index is 1.92. The maximum absolute atomic E-state index is 14.2. The monoisotopic (exact) mass is 378 g/mol. The maximum atomic E-state index is 14.2. The van der Waals surface area contributed by atoms with Gasteiger partial charge in [0.15, 0.2) is 0 Å². The van der Waals surface area contributed by atoms with Crippen molar-refractivity contribution in [3.05, 3.63) is 66.4 Å².